The number of anilines is 2. The van der Waals surface area contributed by atoms with E-state index in [1.807, 2.05) is 18.2 Å². The standard InChI is InChI=1S/C22H22ClN3O4S2/c1-30-19-7-3-5-17(15-19)24-22(27)21-20(8-13-31-21)32(28,29)26-11-9-25(10-12-26)18-6-2-4-16(23)14-18/h2-8,13-15H,9-12H2,1H3,(H,24,27). The molecule has 168 valence electrons. The van der Waals surface area contributed by atoms with Crippen LogP contribution in [0.5, 0.6) is 5.75 Å². The summed E-state index contributed by atoms with van der Waals surface area (Å²) in [5.41, 5.74) is 1.49. The molecule has 1 amide bonds. The van der Waals surface area contributed by atoms with Gasteiger partial charge in [0.1, 0.15) is 15.5 Å². The second-order valence-corrected chi connectivity index (χ2v) is 10.4. The lowest BCUT2D eigenvalue weighted by atomic mass is 10.2. The summed E-state index contributed by atoms with van der Waals surface area (Å²) in [7, 11) is -2.27. The van der Waals surface area contributed by atoms with Crippen LogP contribution in [0.25, 0.3) is 0 Å². The second-order valence-electron chi connectivity index (χ2n) is 7.17. The van der Waals surface area contributed by atoms with Gasteiger partial charge in [0.15, 0.2) is 0 Å². The van der Waals surface area contributed by atoms with Gasteiger partial charge in [0, 0.05) is 48.6 Å². The fourth-order valence-corrected chi connectivity index (χ4v) is 6.46. The lowest BCUT2D eigenvalue weighted by molar-refractivity contribution is 0.102. The summed E-state index contributed by atoms with van der Waals surface area (Å²) in [6.07, 6.45) is 0. The van der Waals surface area contributed by atoms with Crippen LogP contribution in [0, 0.1) is 0 Å². The smallest absolute Gasteiger partial charge is 0.267 e. The summed E-state index contributed by atoms with van der Waals surface area (Å²) >= 11 is 7.18. The molecule has 1 aliphatic heterocycles. The minimum Gasteiger partial charge on any atom is -0.497 e. The monoisotopic (exact) mass is 491 g/mol. The van der Waals surface area contributed by atoms with Gasteiger partial charge >= 0.3 is 0 Å². The predicted molar refractivity (Wildman–Crippen MR) is 128 cm³/mol. The topological polar surface area (TPSA) is 78.9 Å². The molecule has 4 rings (SSSR count). The summed E-state index contributed by atoms with van der Waals surface area (Å²) in [4.78, 5) is 15.1. The number of methoxy groups -OCH3 is 1. The molecule has 0 aliphatic carbocycles. The largest absolute Gasteiger partial charge is 0.497 e. The number of carbonyl (C=O) groups is 1. The molecule has 10 heteroatoms. The van der Waals surface area contributed by atoms with E-state index in [-0.39, 0.29) is 9.77 Å². The first-order valence-electron chi connectivity index (χ1n) is 9.92. The van der Waals surface area contributed by atoms with Crippen LogP contribution in [0.15, 0.2) is 64.9 Å². The number of hydrogen-bond donors (Lipinski definition) is 1. The highest BCUT2D eigenvalue weighted by molar-refractivity contribution is 7.89. The van der Waals surface area contributed by atoms with Crippen molar-refractivity contribution in [3.05, 3.63) is 69.9 Å². The van der Waals surface area contributed by atoms with Gasteiger partial charge in [-0.25, -0.2) is 8.42 Å². The van der Waals surface area contributed by atoms with Crippen molar-refractivity contribution in [3.8, 4) is 5.75 Å². The second kappa shape index (κ2) is 9.50. The minimum atomic E-state index is -3.81. The van der Waals surface area contributed by atoms with E-state index in [4.69, 9.17) is 16.3 Å². The average molecular weight is 492 g/mol. The molecular formula is C22H22ClN3O4S2. The van der Waals surface area contributed by atoms with E-state index in [2.05, 4.69) is 10.2 Å². The van der Waals surface area contributed by atoms with Gasteiger partial charge in [-0.1, -0.05) is 23.7 Å². The summed E-state index contributed by atoms with van der Waals surface area (Å²) in [5, 5.41) is 5.02. The third-order valence-electron chi connectivity index (χ3n) is 5.19. The summed E-state index contributed by atoms with van der Waals surface area (Å²) in [6.45, 7) is 1.72. The zero-order chi connectivity index (χ0) is 22.7. The van der Waals surface area contributed by atoms with E-state index in [1.54, 1.807) is 35.7 Å². The highest BCUT2D eigenvalue weighted by Gasteiger charge is 2.32. The Morgan fingerprint density at radius 1 is 1.06 bits per heavy atom. The van der Waals surface area contributed by atoms with Crippen molar-refractivity contribution in [2.75, 3.05) is 43.5 Å². The number of halogens is 1. The molecule has 0 atom stereocenters. The first-order valence-corrected chi connectivity index (χ1v) is 12.6. The number of hydrogen-bond acceptors (Lipinski definition) is 6. The molecule has 1 aliphatic rings. The Hall–Kier alpha value is -2.59. The van der Waals surface area contributed by atoms with Crippen LogP contribution in [0.3, 0.4) is 0 Å². The van der Waals surface area contributed by atoms with Crippen LogP contribution in [0.4, 0.5) is 11.4 Å². The summed E-state index contributed by atoms with van der Waals surface area (Å²) < 4.78 is 33.2. The first kappa shape index (κ1) is 22.6. The molecule has 0 bridgehead atoms. The third-order valence-corrected chi connectivity index (χ3v) is 8.41. The van der Waals surface area contributed by atoms with Crippen molar-refractivity contribution in [1.82, 2.24) is 4.31 Å². The molecule has 3 aromatic rings. The van der Waals surface area contributed by atoms with Crippen molar-refractivity contribution < 1.29 is 17.9 Å². The van der Waals surface area contributed by atoms with E-state index in [0.29, 0.717) is 42.6 Å². The van der Waals surface area contributed by atoms with Crippen LogP contribution in [0.2, 0.25) is 5.02 Å². The van der Waals surface area contributed by atoms with Crippen molar-refractivity contribution >= 4 is 50.2 Å². The van der Waals surface area contributed by atoms with Crippen LogP contribution in [-0.2, 0) is 10.0 Å². The zero-order valence-corrected chi connectivity index (χ0v) is 19.7. The maximum absolute atomic E-state index is 13.3. The number of sulfonamides is 1. The molecule has 32 heavy (non-hydrogen) atoms. The number of ether oxygens (including phenoxy) is 1. The molecule has 0 spiro atoms. The third kappa shape index (κ3) is 4.75. The minimum absolute atomic E-state index is 0.0269. The number of nitrogens with one attached hydrogen (secondary N) is 1. The van der Waals surface area contributed by atoms with E-state index in [0.717, 1.165) is 17.0 Å². The Morgan fingerprint density at radius 2 is 1.81 bits per heavy atom. The van der Waals surface area contributed by atoms with Gasteiger partial charge in [-0.05, 0) is 41.8 Å². The molecule has 2 heterocycles. The number of carbonyl (C=O) groups excluding carboxylic acids is 1. The average Bonchev–Trinajstić information content (AvgIpc) is 3.30. The normalized spacial score (nSPS) is 14.9. The maximum Gasteiger partial charge on any atom is 0.267 e. The molecule has 0 saturated carbocycles. The van der Waals surface area contributed by atoms with Gasteiger partial charge in [-0.3, -0.25) is 4.79 Å². The van der Waals surface area contributed by atoms with Crippen molar-refractivity contribution in [2.45, 2.75) is 4.90 Å². The van der Waals surface area contributed by atoms with E-state index in [9.17, 15) is 13.2 Å². The lowest BCUT2D eigenvalue weighted by Gasteiger charge is -2.35. The lowest BCUT2D eigenvalue weighted by Crippen LogP contribution is -2.48. The number of benzene rings is 2. The van der Waals surface area contributed by atoms with Crippen LogP contribution < -0.4 is 15.0 Å². The number of nitrogens with zero attached hydrogens (tertiary/aromatic N) is 2. The molecule has 1 N–H and O–H groups in total. The fourth-order valence-electron chi connectivity index (χ4n) is 3.55. The van der Waals surface area contributed by atoms with Crippen LogP contribution in [0.1, 0.15) is 9.67 Å². The number of piperazine rings is 1. The van der Waals surface area contributed by atoms with Crippen molar-refractivity contribution in [3.63, 3.8) is 0 Å². The Morgan fingerprint density at radius 3 is 2.53 bits per heavy atom. The van der Waals surface area contributed by atoms with Gasteiger partial charge in [0.25, 0.3) is 5.91 Å². The van der Waals surface area contributed by atoms with Gasteiger partial charge < -0.3 is 15.0 Å². The summed E-state index contributed by atoms with van der Waals surface area (Å²) in [5.74, 6) is 0.129. The van der Waals surface area contributed by atoms with Crippen molar-refractivity contribution in [1.29, 1.82) is 0 Å². The van der Waals surface area contributed by atoms with Crippen LogP contribution in [-0.4, -0.2) is 51.9 Å². The highest BCUT2D eigenvalue weighted by atomic mass is 35.5. The van der Waals surface area contributed by atoms with Crippen molar-refractivity contribution in [2.24, 2.45) is 0 Å². The molecule has 7 nitrogen and oxygen atoms in total. The Bertz CT molecular complexity index is 1220. The zero-order valence-electron chi connectivity index (χ0n) is 17.3. The van der Waals surface area contributed by atoms with Gasteiger partial charge in [0.2, 0.25) is 10.0 Å². The summed E-state index contributed by atoms with van der Waals surface area (Å²) in [6, 6.07) is 15.9. The quantitative estimate of drug-likeness (QED) is 0.559. The molecule has 0 radical (unpaired) electrons. The number of amides is 1. The fraction of sp³-hybridized carbons (Fsp3) is 0.227. The number of thiophene rings is 1. The molecular weight excluding hydrogens is 470 g/mol. The van der Waals surface area contributed by atoms with E-state index >= 15 is 0 Å². The van der Waals surface area contributed by atoms with Gasteiger partial charge in [-0.2, -0.15) is 4.31 Å². The molecule has 2 aromatic carbocycles. The van der Waals surface area contributed by atoms with Crippen LogP contribution >= 0.6 is 22.9 Å². The maximum atomic E-state index is 13.3. The molecule has 1 aromatic heterocycles. The predicted octanol–water partition coefficient (Wildman–Crippen LogP) is 4.17. The van der Waals surface area contributed by atoms with E-state index in [1.165, 1.54) is 17.5 Å². The molecule has 1 saturated heterocycles. The van der Waals surface area contributed by atoms with Gasteiger partial charge in [0.05, 0.1) is 7.11 Å². The highest BCUT2D eigenvalue weighted by Crippen LogP contribution is 2.29. The van der Waals surface area contributed by atoms with Gasteiger partial charge in [-0.15, -0.1) is 11.3 Å². The first-order chi connectivity index (χ1) is 15.4. The Balaban J connectivity index is 1.48. The van der Waals surface area contributed by atoms with E-state index < -0.39 is 15.9 Å². The molecule has 1 fully saturated rings. The Kier molecular flexibility index (Phi) is 6.71. The number of rotatable bonds is 6. The molecule has 0 unspecified atom stereocenters. The Labute approximate surface area is 196 Å². The SMILES string of the molecule is COc1cccc(NC(=O)c2sccc2S(=O)(=O)N2CCN(c3cccc(Cl)c3)CC2)c1.